The molecular weight excluding hydrogens is 230 g/mol. The van der Waals surface area contributed by atoms with Gasteiger partial charge in [0.2, 0.25) is 11.8 Å². The second-order valence-corrected chi connectivity index (χ2v) is 4.70. The molecule has 0 bridgehead atoms. The first-order valence-electron chi connectivity index (χ1n) is 5.95. The first-order chi connectivity index (χ1) is 8.55. The van der Waals surface area contributed by atoms with E-state index >= 15 is 0 Å². The Morgan fingerprint density at radius 2 is 1.89 bits per heavy atom. The number of rotatable bonds is 4. The minimum absolute atomic E-state index is 0.0371. The molecule has 0 atom stereocenters. The van der Waals surface area contributed by atoms with Crippen LogP contribution in [0, 0.1) is 5.41 Å². The molecule has 1 aromatic rings. The molecule has 96 valence electrons. The number of nitrogens with two attached hydrogens (primary N) is 1. The molecule has 0 heterocycles. The molecule has 1 aliphatic carbocycles. The van der Waals surface area contributed by atoms with Crippen LogP contribution in [0.25, 0.3) is 0 Å². The molecule has 0 aliphatic heterocycles. The summed E-state index contributed by atoms with van der Waals surface area (Å²) in [6.45, 7) is 1.82. The van der Waals surface area contributed by atoms with Crippen molar-refractivity contribution in [3.63, 3.8) is 0 Å². The minimum atomic E-state index is -0.371. The second-order valence-electron chi connectivity index (χ2n) is 4.70. The van der Waals surface area contributed by atoms with Gasteiger partial charge in [0, 0.05) is 24.8 Å². The fourth-order valence-corrected chi connectivity index (χ4v) is 1.82. The summed E-state index contributed by atoms with van der Waals surface area (Å²) < 4.78 is 0. The van der Waals surface area contributed by atoms with Crippen molar-refractivity contribution in [1.29, 1.82) is 0 Å². The van der Waals surface area contributed by atoms with Gasteiger partial charge >= 0.3 is 0 Å². The Labute approximate surface area is 106 Å². The Morgan fingerprint density at radius 1 is 1.28 bits per heavy atom. The molecular formula is C13H17N3O2. The number of hydrogen-bond donors (Lipinski definition) is 3. The number of benzene rings is 1. The lowest BCUT2D eigenvalue weighted by Crippen LogP contribution is -2.30. The van der Waals surface area contributed by atoms with Crippen LogP contribution in [-0.4, -0.2) is 18.4 Å². The summed E-state index contributed by atoms with van der Waals surface area (Å²) in [5, 5.41) is 5.51. The van der Waals surface area contributed by atoms with E-state index in [9.17, 15) is 9.59 Å². The van der Waals surface area contributed by atoms with Crippen LogP contribution in [0.3, 0.4) is 0 Å². The molecule has 0 aromatic heterocycles. The summed E-state index contributed by atoms with van der Waals surface area (Å²) in [6.07, 6.45) is 1.70. The second kappa shape index (κ2) is 4.78. The van der Waals surface area contributed by atoms with Crippen molar-refractivity contribution in [2.45, 2.75) is 19.8 Å². The van der Waals surface area contributed by atoms with E-state index in [-0.39, 0.29) is 17.2 Å². The van der Waals surface area contributed by atoms with Gasteiger partial charge in [-0.3, -0.25) is 9.59 Å². The highest BCUT2D eigenvalue weighted by Gasteiger charge is 2.48. The summed E-state index contributed by atoms with van der Waals surface area (Å²) in [5.74, 6) is -0.177. The third kappa shape index (κ3) is 2.68. The van der Waals surface area contributed by atoms with Gasteiger partial charge in [-0.05, 0) is 31.0 Å². The summed E-state index contributed by atoms with van der Waals surface area (Å²) in [7, 11) is 0. The maximum absolute atomic E-state index is 12.0. The van der Waals surface area contributed by atoms with Gasteiger partial charge in [-0.2, -0.15) is 0 Å². The van der Waals surface area contributed by atoms with Crippen molar-refractivity contribution in [3.05, 3.63) is 24.3 Å². The third-order valence-electron chi connectivity index (χ3n) is 3.17. The van der Waals surface area contributed by atoms with Crippen LogP contribution in [0.1, 0.15) is 19.8 Å². The van der Waals surface area contributed by atoms with Crippen LogP contribution in [0.15, 0.2) is 24.3 Å². The highest BCUT2D eigenvalue weighted by molar-refractivity contribution is 5.98. The molecule has 2 amide bonds. The topological polar surface area (TPSA) is 84.2 Å². The molecule has 2 rings (SSSR count). The van der Waals surface area contributed by atoms with Crippen LogP contribution in [-0.2, 0) is 9.59 Å². The van der Waals surface area contributed by atoms with Crippen molar-refractivity contribution in [1.82, 2.24) is 0 Å². The molecule has 5 heteroatoms. The van der Waals surface area contributed by atoms with Crippen molar-refractivity contribution in [3.8, 4) is 0 Å². The molecule has 1 fully saturated rings. The van der Waals surface area contributed by atoms with Crippen LogP contribution in [0.2, 0.25) is 0 Å². The monoisotopic (exact) mass is 247 g/mol. The Morgan fingerprint density at radius 3 is 2.39 bits per heavy atom. The molecule has 1 aromatic carbocycles. The van der Waals surface area contributed by atoms with E-state index in [1.54, 1.807) is 24.3 Å². The highest BCUT2D eigenvalue weighted by Crippen LogP contribution is 2.45. The maximum atomic E-state index is 12.0. The molecule has 1 aliphatic rings. The van der Waals surface area contributed by atoms with Gasteiger partial charge in [-0.25, -0.2) is 0 Å². The summed E-state index contributed by atoms with van der Waals surface area (Å²) in [4.78, 5) is 22.9. The predicted octanol–water partition coefficient (Wildman–Crippen LogP) is 1.32. The van der Waals surface area contributed by atoms with Crippen LogP contribution >= 0.6 is 0 Å². The lowest BCUT2D eigenvalue weighted by Gasteiger charge is -2.13. The SMILES string of the molecule is CC(=O)Nc1cccc(NC(=O)C2(CN)CC2)c1. The van der Waals surface area contributed by atoms with Gasteiger partial charge in [0.15, 0.2) is 0 Å². The maximum Gasteiger partial charge on any atom is 0.231 e. The van der Waals surface area contributed by atoms with Gasteiger partial charge < -0.3 is 16.4 Å². The molecule has 0 radical (unpaired) electrons. The molecule has 0 spiro atoms. The molecule has 0 saturated heterocycles. The zero-order chi connectivity index (χ0) is 13.2. The van der Waals surface area contributed by atoms with E-state index in [0.717, 1.165) is 12.8 Å². The standard InChI is InChI=1S/C13H17N3O2/c1-9(17)15-10-3-2-4-11(7-10)16-12(18)13(8-14)5-6-13/h2-4,7H,5-6,8,14H2,1H3,(H,15,17)(H,16,18). The number of amides is 2. The normalized spacial score (nSPS) is 15.9. The van der Waals surface area contributed by atoms with Gasteiger partial charge in [0.05, 0.1) is 5.41 Å². The lowest BCUT2D eigenvalue weighted by molar-refractivity contribution is -0.120. The van der Waals surface area contributed by atoms with Crippen LogP contribution in [0.5, 0.6) is 0 Å². The fraction of sp³-hybridized carbons (Fsp3) is 0.385. The quantitative estimate of drug-likeness (QED) is 0.750. The van der Waals surface area contributed by atoms with E-state index in [1.165, 1.54) is 6.92 Å². The Hall–Kier alpha value is -1.88. The van der Waals surface area contributed by atoms with Gasteiger partial charge in [0.1, 0.15) is 0 Å². The minimum Gasteiger partial charge on any atom is -0.329 e. The van der Waals surface area contributed by atoms with Gasteiger partial charge in [0.25, 0.3) is 0 Å². The molecule has 1 saturated carbocycles. The average molecular weight is 247 g/mol. The van der Waals surface area contributed by atoms with E-state index < -0.39 is 0 Å². The third-order valence-corrected chi connectivity index (χ3v) is 3.17. The first kappa shape index (κ1) is 12.6. The van der Waals surface area contributed by atoms with Crippen molar-refractivity contribution < 1.29 is 9.59 Å². The molecule has 0 unspecified atom stereocenters. The summed E-state index contributed by atoms with van der Waals surface area (Å²) in [6, 6.07) is 7.07. The van der Waals surface area contributed by atoms with Crippen molar-refractivity contribution in [2.24, 2.45) is 11.1 Å². The zero-order valence-electron chi connectivity index (χ0n) is 10.3. The molecule has 18 heavy (non-hydrogen) atoms. The average Bonchev–Trinajstić information content (AvgIpc) is 3.09. The first-order valence-corrected chi connectivity index (χ1v) is 5.95. The smallest absolute Gasteiger partial charge is 0.231 e. The van der Waals surface area contributed by atoms with E-state index in [1.807, 2.05) is 0 Å². The highest BCUT2D eigenvalue weighted by atomic mass is 16.2. The number of carbonyl (C=O) groups is 2. The number of nitrogens with one attached hydrogen (secondary N) is 2. The number of anilines is 2. The molecule has 4 N–H and O–H groups in total. The Kier molecular flexibility index (Phi) is 3.34. The summed E-state index contributed by atoms with van der Waals surface area (Å²) in [5.41, 5.74) is 6.57. The van der Waals surface area contributed by atoms with E-state index in [2.05, 4.69) is 10.6 Å². The van der Waals surface area contributed by atoms with Crippen molar-refractivity contribution in [2.75, 3.05) is 17.2 Å². The van der Waals surface area contributed by atoms with Crippen LogP contribution in [0.4, 0.5) is 11.4 Å². The molecule has 5 nitrogen and oxygen atoms in total. The van der Waals surface area contributed by atoms with Gasteiger partial charge in [-0.1, -0.05) is 6.07 Å². The Bertz CT molecular complexity index is 481. The zero-order valence-corrected chi connectivity index (χ0v) is 10.3. The Balaban J connectivity index is 2.05. The predicted molar refractivity (Wildman–Crippen MR) is 70.1 cm³/mol. The van der Waals surface area contributed by atoms with Crippen LogP contribution < -0.4 is 16.4 Å². The van der Waals surface area contributed by atoms with E-state index in [0.29, 0.717) is 17.9 Å². The van der Waals surface area contributed by atoms with E-state index in [4.69, 9.17) is 5.73 Å². The van der Waals surface area contributed by atoms with Gasteiger partial charge in [-0.15, -0.1) is 0 Å². The number of hydrogen-bond acceptors (Lipinski definition) is 3. The number of carbonyl (C=O) groups excluding carboxylic acids is 2. The summed E-state index contributed by atoms with van der Waals surface area (Å²) >= 11 is 0. The van der Waals surface area contributed by atoms with Crippen molar-refractivity contribution >= 4 is 23.2 Å². The fourth-order valence-electron chi connectivity index (χ4n) is 1.82. The largest absolute Gasteiger partial charge is 0.329 e. The lowest BCUT2D eigenvalue weighted by atomic mass is 10.1.